The lowest BCUT2D eigenvalue weighted by Crippen LogP contribution is -1.93. The van der Waals surface area contributed by atoms with Crippen LogP contribution in [0.15, 0.2) is 188 Å². The largest absolute Gasteiger partial charge is 0.247 e. The minimum absolute atomic E-state index is 0.864. The maximum Gasteiger partial charge on any atom is 0.0788 e. The first-order valence-corrected chi connectivity index (χ1v) is 17.3. The molecule has 0 radical (unpaired) electrons. The highest BCUT2D eigenvalue weighted by Gasteiger charge is 2.16. The molecule has 236 valence electrons. The Labute approximate surface area is 293 Å². The van der Waals surface area contributed by atoms with Gasteiger partial charge in [-0.3, -0.25) is 0 Å². The molecule has 0 N–H and O–H groups in total. The quantitative estimate of drug-likeness (QED) is 0.135. The molecule has 0 atom stereocenters. The molecule has 0 bridgehead atoms. The summed E-state index contributed by atoms with van der Waals surface area (Å²) in [6, 6.07) is 57.1. The van der Waals surface area contributed by atoms with Crippen LogP contribution in [0.2, 0.25) is 0 Å². The molecule has 0 amide bonds. The number of para-hydroxylation sites is 1. The SMILES string of the molecule is C=C1CC=CC=C(c2cc(-c3ccc(-c4nc5ccccc5cc4-c4ccccc4)cc3)cc(-c3cc4ccccc4c4ccccc34)c2)C1. The van der Waals surface area contributed by atoms with E-state index in [9.17, 15) is 0 Å². The first-order chi connectivity index (χ1) is 24.7. The van der Waals surface area contributed by atoms with E-state index < -0.39 is 0 Å². The van der Waals surface area contributed by atoms with Crippen molar-refractivity contribution in [3.8, 4) is 44.6 Å². The molecule has 1 aliphatic rings. The summed E-state index contributed by atoms with van der Waals surface area (Å²) in [7, 11) is 0. The Kier molecular flexibility index (Phi) is 7.52. The monoisotopic (exact) mass is 637 g/mol. The lowest BCUT2D eigenvalue weighted by molar-refractivity contribution is 1.14. The smallest absolute Gasteiger partial charge is 0.0788 e. The fourth-order valence-electron chi connectivity index (χ4n) is 7.44. The summed E-state index contributed by atoms with van der Waals surface area (Å²) in [6.45, 7) is 4.37. The molecular formula is C49H35N. The van der Waals surface area contributed by atoms with Crippen molar-refractivity contribution < 1.29 is 0 Å². The average Bonchev–Trinajstić information content (AvgIpc) is 3.41. The van der Waals surface area contributed by atoms with Gasteiger partial charge in [-0.05, 0) is 110 Å². The molecule has 8 aromatic rings. The van der Waals surface area contributed by atoms with Gasteiger partial charge < -0.3 is 0 Å². The number of allylic oxidation sites excluding steroid dienone is 5. The van der Waals surface area contributed by atoms with Crippen molar-refractivity contribution in [2.75, 3.05) is 0 Å². The van der Waals surface area contributed by atoms with E-state index >= 15 is 0 Å². The molecular weight excluding hydrogens is 603 g/mol. The Balaban J connectivity index is 1.21. The summed E-state index contributed by atoms with van der Waals surface area (Å²) in [6.07, 6.45) is 8.43. The number of benzene rings is 7. The minimum Gasteiger partial charge on any atom is -0.247 e. The Hall–Kier alpha value is -6.31. The number of fused-ring (bicyclic) bond motifs is 4. The van der Waals surface area contributed by atoms with Crippen LogP contribution in [0.1, 0.15) is 18.4 Å². The standard InChI is InChI=1S/C49H35N/c1-33-13-5-6-16-37(27-33)41-28-40(29-42(30-41)46-31-38-17-7-9-19-43(38)44-20-10-11-21-45(44)46)34-23-25-36(26-24-34)49-47(35-14-3-2-4-15-35)32-39-18-8-12-22-48(39)50-49/h2-12,14-26,28-32H,1,13,27H2. The maximum atomic E-state index is 5.20. The van der Waals surface area contributed by atoms with E-state index in [1.807, 2.05) is 0 Å². The lowest BCUT2D eigenvalue weighted by Gasteiger charge is -2.16. The second-order valence-electron chi connectivity index (χ2n) is 13.3. The van der Waals surface area contributed by atoms with Crippen molar-refractivity contribution in [2.24, 2.45) is 0 Å². The van der Waals surface area contributed by atoms with Crippen molar-refractivity contribution in [2.45, 2.75) is 12.8 Å². The van der Waals surface area contributed by atoms with Crippen molar-refractivity contribution in [1.29, 1.82) is 0 Å². The fourth-order valence-corrected chi connectivity index (χ4v) is 7.44. The van der Waals surface area contributed by atoms with Gasteiger partial charge in [0.25, 0.3) is 0 Å². The third-order valence-corrected chi connectivity index (χ3v) is 9.96. The minimum atomic E-state index is 0.864. The number of rotatable bonds is 5. The van der Waals surface area contributed by atoms with Crippen LogP contribution in [0.3, 0.4) is 0 Å². The van der Waals surface area contributed by atoms with Crippen molar-refractivity contribution in [3.63, 3.8) is 0 Å². The number of nitrogens with zero attached hydrogens (tertiary/aromatic N) is 1. The Bertz CT molecular complexity index is 2640. The molecule has 1 nitrogen and oxygen atoms in total. The summed E-state index contributed by atoms with van der Waals surface area (Å²) in [5.41, 5.74) is 14.0. The first-order valence-electron chi connectivity index (χ1n) is 17.3. The van der Waals surface area contributed by atoms with Gasteiger partial charge in [-0.15, -0.1) is 0 Å². The van der Waals surface area contributed by atoms with Crippen molar-refractivity contribution >= 4 is 38.0 Å². The van der Waals surface area contributed by atoms with E-state index in [0.717, 1.165) is 46.1 Å². The number of hydrogen-bond acceptors (Lipinski definition) is 1. The number of pyridine rings is 1. The van der Waals surface area contributed by atoms with Crippen LogP contribution in [0.4, 0.5) is 0 Å². The normalized spacial score (nSPS) is 13.1. The van der Waals surface area contributed by atoms with Crippen LogP contribution in [-0.4, -0.2) is 4.98 Å². The van der Waals surface area contributed by atoms with Gasteiger partial charge >= 0.3 is 0 Å². The molecule has 9 rings (SSSR count). The molecule has 50 heavy (non-hydrogen) atoms. The maximum absolute atomic E-state index is 5.20. The van der Waals surface area contributed by atoms with Gasteiger partial charge in [0.1, 0.15) is 0 Å². The van der Waals surface area contributed by atoms with Crippen LogP contribution in [-0.2, 0) is 0 Å². The predicted octanol–water partition coefficient (Wildman–Crippen LogP) is 13.5. The first kappa shape index (κ1) is 29.8. The second kappa shape index (κ2) is 12.6. The molecule has 0 saturated carbocycles. The van der Waals surface area contributed by atoms with Gasteiger partial charge in [-0.25, -0.2) is 4.98 Å². The number of aromatic nitrogens is 1. The van der Waals surface area contributed by atoms with Crippen molar-refractivity contribution in [1.82, 2.24) is 4.98 Å². The molecule has 0 unspecified atom stereocenters. The summed E-state index contributed by atoms with van der Waals surface area (Å²) in [5.74, 6) is 0. The van der Waals surface area contributed by atoms with Gasteiger partial charge in [0.15, 0.2) is 0 Å². The van der Waals surface area contributed by atoms with Gasteiger partial charge in [-0.2, -0.15) is 0 Å². The molecule has 0 fully saturated rings. The van der Waals surface area contributed by atoms with E-state index in [-0.39, 0.29) is 0 Å². The van der Waals surface area contributed by atoms with E-state index in [2.05, 4.69) is 183 Å². The van der Waals surface area contributed by atoms with E-state index in [0.29, 0.717) is 0 Å². The summed E-state index contributed by atoms with van der Waals surface area (Å²) >= 11 is 0. The zero-order valence-corrected chi connectivity index (χ0v) is 27.8. The molecule has 1 aliphatic carbocycles. The van der Waals surface area contributed by atoms with Gasteiger partial charge in [0.2, 0.25) is 0 Å². The van der Waals surface area contributed by atoms with Gasteiger partial charge in [0, 0.05) is 16.5 Å². The zero-order valence-electron chi connectivity index (χ0n) is 27.8. The van der Waals surface area contributed by atoms with Crippen LogP contribution < -0.4 is 0 Å². The van der Waals surface area contributed by atoms with E-state index in [1.165, 1.54) is 60.5 Å². The fraction of sp³-hybridized carbons (Fsp3) is 0.0408. The third kappa shape index (κ3) is 5.53. The highest BCUT2D eigenvalue weighted by Crippen LogP contribution is 2.40. The van der Waals surface area contributed by atoms with Crippen LogP contribution in [0.5, 0.6) is 0 Å². The van der Waals surface area contributed by atoms with Crippen LogP contribution in [0, 0.1) is 0 Å². The topological polar surface area (TPSA) is 12.9 Å². The van der Waals surface area contributed by atoms with Crippen molar-refractivity contribution in [3.05, 3.63) is 194 Å². The highest BCUT2D eigenvalue weighted by atomic mass is 14.7. The summed E-state index contributed by atoms with van der Waals surface area (Å²) in [5, 5.41) is 6.21. The van der Waals surface area contributed by atoms with Crippen LogP contribution in [0.25, 0.3) is 82.7 Å². The molecule has 7 aromatic carbocycles. The molecule has 0 spiro atoms. The Morgan fingerprint density at radius 1 is 0.460 bits per heavy atom. The molecule has 1 heteroatoms. The average molecular weight is 638 g/mol. The Morgan fingerprint density at radius 3 is 1.94 bits per heavy atom. The lowest BCUT2D eigenvalue weighted by atomic mass is 9.88. The highest BCUT2D eigenvalue weighted by molar-refractivity contribution is 6.14. The molecule has 0 saturated heterocycles. The molecule has 1 aromatic heterocycles. The molecule has 1 heterocycles. The Morgan fingerprint density at radius 2 is 1.10 bits per heavy atom. The third-order valence-electron chi connectivity index (χ3n) is 9.96. The summed E-state index contributed by atoms with van der Waals surface area (Å²) in [4.78, 5) is 5.20. The molecule has 0 aliphatic heterocycles. The zero-order chi connectivity index (χ0) is 33.4. The van der Waals surface area contributed by atoms with E-state index in [4.69, 9.17) is 4.98 Å². The summed E-state index contributed by atoms with van der Waals surface area (Å²) < 4.78 is 0. The van der Waals surface area contributed by atoms with E-state index in [1.54, 1.807) is 0 Å². The second-order valence-corrected chi connectivity index (χ2v) is 13.3. The predicted molar refractivity (Wildman–Crippen MR) is 214 cm³/mol. The van der Waals surface area contributed by atoms with Gasteiger partial charge in [0.05, 0.1) is 11.2 Å². The van der Waals surface area contributed by atoms with Gasteiger partial charge in [-0.1, -0.05) is 152 Å². The van der Waals surface area contributed by atoms with Crippen LogP contribution >= 0.6 is 0 Å². The number of hydrogen-bond donors (Lipinski definition) is 0.